The summed E-state index contributed by atoms with van der Waals surface area (Å²) in [5.74, 6) is 0.901. The smallest absolute Gasteiger partial charge is 0.264 e. The monoisotopic (exact) mass is 432 g/mol. The van der Waals surface area contributed by atoms with Crippen LogP contribution in [0.5, 0.6) is 11.5 Å². The quantitative estimate of drug-likeness (QED) is 0.682. The molecule has 1 amide bonds. The maximum absolute atomic E-state index is 11.8. The van der Waals surface area contributed by atoms with Crippen LogP contribution >= 0.6 is 27.7 Å². The van der Waals surface area contributed by atoms with Crippen LogP contribution in [0.25, 0.3) is 6.08 Å². The van der Waals surface area contributed by atoms with Crippen LogP contribution in [0.1, 0.15) is 16.7 Å². The number of amides is 1. The van der Waals surface area contributed by atoms with Gasteiger partial charge in [0.2, 0.25) is 0 Å². The Hall–Kier alpha value is -2.25. The van der Waals surface area contributed by atoms with Gasteiger partial charge >= 0.3 is 0 Å². The Morgan fingerprint density at radius 3 is 2.62 bits per heavy atom. The number of hydrogen-bond donors (Lipinski definition) is 2. The van der Waals surface area contributed by atoms with Crippen LogP contribution in [0.2, 0.25) is 0 Å². The lowest BCUT2D eigenvalue weighted by Gasteiger charge is -2.14. The molecule has 1 aliphatic heterocycles. The molecule has 0 spiro atoms. The van der Waals surface area contributed by atoms with Crippen LogP contribution in [0, 0.1) is 12.3 Å². The van der Waals surface area contributed by atoms with Crippen molar-refractivity contribution in [2.24, 2.45) is 0 Å². The van der Waals surface area contributed by atoms with Crippen molar-refractivity contribution in [3.63, 3.8) is 0 Å². The molecule has 2 aromatic rings. The van der Waals surface area contributed by atoms with E-state index in [1.807, 2.05) is 37.3 Å². The van der Waals surface area contributed by atoms with E-state index in [2.05, 4.69) is 21.2 Å². The first-order valence-corrected chi connectivity index (χ1v) is 9.42. The van der Waals surface area contributed by atoms with Gasteiger partial charge < -0.3 is 14.8 Å². The average molecular weight is 433 g/mol. The highest BCUT2D eigenvalue weighted by molar-refractivity contribution is 9.10. The van der Waals surface area contributed by atoms with Crippen molar-refractivity contribution in [2.45, 2.75) is 13.5 Å². The molecule has 7 heteroatoms. The predicted molar refractivity (Wildman–Crippen MR) is 108 cm³/mol. The second kappa shape index (κ2) is 7.97. The summed E-state index contributed by atoms with van der Waals surface area (Å²) >= 11 is 4.61. The standard InChI is InChI=1S/C19H17BrN2O3S/c1-11-3-5-12(6-4-11)10-25-17-14(20)7-13(8-15(17)24-2)9-16-18(23)22-19(21)26-16/h3-9H,10H2,1-2H3,(H2,21,22,23). The van der Waals surface area contributed by atoms with Crippen molar-refractivity contribution in [3.05, 3.63) is 62.5 Å². The van der Waals surface area contributed by atoms with Gasteiger partial charge in [0.25, 0.3) is 5.91 Å². The van der Waals surface area contributed by atoms with Crippen molar-refractivity contribution in [1.82, 2.24) is 5.32 Å². The molecule has 0 unspecified atom stereocenters. The van der Waals surface area contributed by atoms with Crippen LogP contribution in [0.4, 0.5) is 0 Å². The molecule has 1 fully saturated rings. The second-order valence-corrected chi connectivity index (χ2v) is 7.61. The minimum atomic E-state index is -0.269. The third-order valence-corrected chi connectivity index (χ3v) is 5.13. The van der Waals surface area contributed by atoms with E-state index in [4.69, 9.17) is 14.9 Å². The zero-order valence-electron chi connectivity index (χ0n) is 14.3. The molecule has 0 radical (unpaired) electrons. The van der Waals surface area contributed by atoms with Crippen molar-refractivity contribution >= 4 is 44.8 Å². The number of rotatable bonds is 5. The molecule has 0 aliphatic carbocycles. The van der Waals surface area contributed by atoms with Crippen LogP contribution in [-0.4, -0.2) is 18.2 Å². The number of benzene rings is 2. The van der Waals surface area contributed by atoms with Gasteiger partial charge in [0.15, 0.2) is 16.7 Å². The molecule has 0 aromatic heterocycles. The third-order valence-electron chi connectivity index (χ3n) is 3.72. The number of carbonyl (C=O) groups is 1. The Labute approximate surface area is 164 Å². The maximum atomic E-state index is 11.8. The largest absolute Gasteiger partial charge is 0.493 e. The maximum Gasteiger partial charge on any atom is 0.264 e. The Kier molecular flexibility index (Phi) is 5.68. The summed E-state index contributed by atoms with van der Waals surface area (Å²) in [6.07, 6.45) is 1.72. The summed E-state index contributed by atoms with van der Waals surface area (Å²) in [6, 6.07) is 11.8. The molecule has 1 aliphatic rings. The number of amidine groups is 1. The van der Waals surface area contributed by atoms with Crippen molar-refractivity contribution < 1.29 is 14.3 Å². The molecule has 2 aromatic carbocycles. The van der Waals surface area contributed by atoms with E-state index < -0.39 is 0 Å². The van der Waals surface area contributed by atoms with E-state index in [0.717, 1.165) is 27.4 Å². The van der Waals surface area contributed by atoms with Crippen LogP contribution < -0.4 is 14.8 Å². The molecule has 3 rings (SSSR count). The van der Waals surface area contributed by atoms with E-state index in [-0.39, 0.29) is 11.1 Å². The Bertz CT molecular complexity index is 894. The van der Waals surface area contributed by atoms with Crippen LogP contribution in [0.15, 0.2) is 45.8 Å². The zero-order valence-corrected chi connectivity index (χ0v) is 16.7. The Morgan fingerprint density at radius 2 is 2.00 bits per heavy atom. The summed E-state index contributed by atoms with van der Waals surface area (Å²) in [4.78, 5) is 12.2. The first-order chi connectivity index (χ1) is 12.5. The number of ether oxygens (including phenoxy) is 2. The van der Waals surface area contributed by atoms with E-state index in [9.17, 15) is 4.79 Å². The van der Waals surface area contributed by atoms with E-state index >= 15 is 0 Å². The summed E-state index contributed by atoms with van der Waals surface area (Å²) in [6.45, 7) is 2.47. The minimum absolute atomic E-state index is 0.130. The fourth-order valence-corrected chi connectivity index (χ4v) is 3.67. The first kappa shape index (κ1) is 18.5. The zero-order chi connectivity index (χ0) is 18.7. The molecular weight excluding hydrogens is 416 g/mol. The fraction of sp³-hybridized carbons (Fsp3) is 0.158. The molecule has 1 saturated heterocycles. The lowest BCUT2D eigenvalue weighted by molar-refractivity contribution is -0.115. The number of aryl methyl sites for hydroxylation is 1. The summed E-state index contributed by atoms with van der Waals surface area (Å²) < 4.78 is 12.1. The second-order valence-electron chi connectivity index (χ2n) is 5.70. The molecule has 0 bridgehead atoms. The van der Waals surface area contributed by atoms with Crippen molar-refractivity contribution in [1.29, 1.82) is 5.41 Å². The van der Waals surface area contributed by atoms with Gasteiger partial charge in [-0.25, -0.2) is 0 Å². The molecule has 26 heavy (non-hydrogen) atoms. The summed E-state index contributed by atoms with van der Waals surface area (Å²) in [5, 5.41) is 10.1. The first-order valence-electron chi connectivity index (χ1n) is 7.81. The number of hydrogen-bond acceptors (Lipinski definition) is 5. The SMILES string of the molecule is COc1cc(C=C2SC(=N)NC2=O)cc(Br)c1OCc1ccc(C)cc1. The van der Waals surface area contributed by atoms with E-state index in [1.165, 1.54) is 5.56 Å². The molecule has 1 heterocycles. The molecule has 134 valence electrons. The molecule has 5 nitrogen and oxygen atoms in total. The lowest BCUT2D eigenvalue weighted by Crippen LogP contribution is -2.18. The topological polar surface area (TPSA) is 71.4 Å². The van der Waals surface area contributed by atoms with Crippen LogP contribution in [-0.2, 0) is 11.4 Å². The number of halogens is 1. The van der Waals surface area contributed by atoms with Gasteiger partial charge in [-0.1, -0.05) is 29.8 Å². The Balaban J connectivity index is 1.83. The summed E-state index contributed by atoms with van der Waals surface area (Å²) in [7, 11) is 1.57. The van der Waals surface area contributed by atoms with E-state index in [0.29, 0.717) is 23.0 Å². The molecule has 0 atom stereocenters. The minimum Gasteiger partial charge on any atom is -0.493 e. The van der Waals surface area contributed by atoms with Gasteiger partial charge in [0, 0.05) is 0 Å². The molecule has 2 N–H and O–H groups in total. The van der Waals surface area contributed by atoms with Gasteiger partial charge in [-0.15, -0.1) is 0 Å². The average Bonchev–Trinajstić information content (AvgIpc) is 2.92. The highest BCUT2D eigenvalue weighted by atomic mass is 79.9. The van der Waals surface area contributed by atoms with Crippen molar-refractivity contribution in [3.8, 4) is 11.5 Å². The van der Waals surface area contributed by atoms with Gasteiger partial charge in [-0.2, -0.15) is 0 Å². The number of thioether (sulfide) groups is 1. The van der Waals surface area contributed by atoms with Gasteiger partial charge in [0.05, 0.1) is 16.5 Å². The number of carbonyl (C=O) groups excluding carboxylic acids is 1. The normalized spacial score (nSPS) is 15.3. The predicted octanol–water partition coefficient (Wildman–Crippen LogP) is 4.48. The van der Waals surface area contributed by atoms with Gasteiger partial charge in [-0.3, -0.25) is 10.2 Å². The van der Waals surface area contributed by atoms with Gasteiger partial charge in [-0.05, 0) is 64.0 Å². The fourth-order valence-electron chi connectivity index (χ4n) is 2.40. The van der Waals surface area contributed by atoms with Gasteiger partial charge in [0.1, 0.15) is 6.61 Å². The lowest BCUT2D eigenvalue weighted by atomic mass is 10.1. The van der Waals surface area contributed by atoms with E-state index in [1.54, 1.807) is 19.3 Å². The highest BCUT2D eigenvalue weighted by Gasteiger charge is 2.22. The third kappa shape index (κ3) is 4.28. The van der Waals surface area contributed by atoms with Crippen molar-refractivity contribution in [2.75, 3.05) is 7.11 Å². The Morgan fingerprint density at radius 1 is 1.27 bits per heavy atom. The highest BCUT2D eigenvalue weighted by Crippen LogP contribution is 2.38. The molecular formula is C19H17BrN2O3S. The summed E-state index contributed by atoms with van der Waals surface area (Å²) in [5.41, 5.74) is 3.05. The number of nitrogens with one attached hydrogen (secondary N) is 2. The van der Waals surface area contributed by atoms with Crippen LogP contribution in [0.3, 0.4) is 0 Å². The number of methoxy groups -OCH3 is 1. The molecule has 0 saturated carbocycles.